The Hall–Kier alpha value is -3.02. The quantitative estimate of drug-likeness (QED) is 0.211. The maximum Gasteiger partial charge on any atom is 0.410 e. The zero-order valence-electron chi connectivity index (χ0n) is 19.2. The van der Waals surface area contributed by atoms with E-state index in [1.165, 1.54) is 6.07 Å². The molecule has 32 heavy (non-hydrogen) atoms. The zero-order valence-corrected chi connectivity index (χ0v) is 19.2. The van der Waals surface area contributed by atoms with Gasteiger partial charge in [0.2, 0.25) is 6.79 Å². The van der Waals surface area contributed by atoms with E-state index >= 15 is 0 Å². The van der Waals surface area contributed by atoms with Gasteiger partial charge in [-0.1, -0.05) is 52.4 Å². The summed E-state index contributed by atoms with van der Waals surface area (Å²) in [6.45, 7) is 6.88. The molecule has 1 aromatic rings. The molecule has 9 heteroatoms. The van der Waals surface area contributed by atoms with E-state index in [0.717, 1.165) is 51.4 Å². The third-order valence-electron chi connectivity index (χ3n) is 5.50. The molecule has 1 atom stereocenters. The molecule has 0 saturated carbocycles. The molecule has 0 aliphatic carbocycles. The number of unbranched alkanes of at least 4 members (excludes halogenated alkanes) is 6. The number of amides is 1. The molecule has 2 rings (SSSR count). The largest absolute Gasteiger partial charge is 0.454 e. The van der Waals surface area contributed by atoms with Crippen LogP contribution in [0.5, 0.6) is 11.5 Å². The average molecular weight is 448 g/mol. The SMILES string of the molecule is CCCCCCN(CCCCCC)C(=O)OC(C)c1cc2c(c(C#N)c1[N+](=O)[O-])OCO2. The van der Waals surface area contributed by atoms with Crippen molar-refractivity contribution in [2.75, 3.05) is 19.9 Å². The predicted octanol–water partition coefficient (Wildman–Crippen LogP) is 5.86. The Bertz CT molecular complexity index is 824. The Morgan fingerprint density at radius 2 is 1.81 bits per heavy atom. The van der Waals surface area contributed by atoms with Crippen LogP contribution in [-0.2, 0) is 4.74 Å². The van der Waals surface area contributed by atoms with E-state index in [1.54, 1.807) is 11.8 Å². The van der Waals surface area contributed by atoms with Crippen LogP contribution in [0.4, 0.5) is 10.5 Å². The average Bonchev–Trinajstić information content (AvgIpc) is 3.24. The van der Waals surface area contributed by atoms with E-state index < -0.39 is 22.8 Å². The Morgan fingerprint density at radius 3 is 2.34 bits per heavy atom. The molecule has 1 amide bonds. The first-order valence-corrected chi connectivity index (χ1v) is 11.4. The van der Waals surface area contributed by atoms with Gasteiger partial charge in [-0.2, -0.15) is 5.26 Å². The number of benzene rings is 1. The number of nitrogens with zero attached hydrogens (tertiary/aromatic N) is 3. The smallest absolute Gasteiger partial charge is 0.410 e. The summed E-state index contributed by atoms with van der Waals surface area (Å²) in [7, 11) is 0. The van der Waals surface area contributed by atoms with Gasteiger partial charge in [-0.3, -0.25) is 10.1 Å². The minimum Gasteiger partial charge on any atom is -0.454 e. The molecule has 1 aromatic carbocycles. The standard InChI is InChI=1S/C23H33N3O6/c1-4-6-8-10-12-25(13-11-9-7-5-2)23(27)32-17(3)18-14-20-22(31-16-30-20)19(15-24)21(18)26(28)29/h14,17H,4-13,16H2,1-3H3. The van der Waals surface area contributed by atoms with E-state index in [9.17, 15) is 20.2 Å². The number of carbonyl (C=O) groups excluding carboxylic acids is 1. The van der Waals surface area contributed by atoms with Crippen LogP contribution in [0.2, 0.25) is 0 Å². The third kappa shape index (κ3) is 6.49. The van der Waals surface area contributed by atoms with Gasteiger partial charge in [0.05, 0.1) is 10.5 Å². The highest BCUT2D eigenvalue weighted by Gasteiger charge is 2.34. The van der Waals surface area contributed by atoms with Crippen LogP contribution in [0.3, 0.4) is 0 Å². The fraction of sp³-hybridized carbons (Fsp3) is 0.652. The lowest BCUT2D eigenvalue weighted by molar-refractivity contribution is -0.386. The normalized spacial score (nSPS) is 12.8. The molecular weight excluding hydrogens is 414 g/mol. The second-order valence-corrected chi connectivity index (χ2v) is 7.93. The predicted molar refractivity (Wildman–Crippen MR) is 119 cm³/mol. The number of nitro benzene ring substituents is 1. The number of fused-ring (bicyclic) bond motifs is 1. The highest BCUT2D eigenvalue weighted by atomic mass is 16.7. The summed E-state index contributed by atoms with van der Waals surface area (Å²) in [6.07, 6.45) is 6.81. The van der Waals surface area contributed by atoms with Gasteiger partial charge in [0.25, 0.3) is 5.69 Å². The van der Waals surface area contributed by atoms with Gasteiger partial charge >= 0.3 is 6.09 Å². The fourth-order valence-corrected chi connectivity index (χ4v) is 3.71. The number of ether oxygens (including phenoxy) is 3. The Kier molecular flexibility index (Phi) is 10.1. The van der Waals surface area contributed by atoms with E-state index in [4.69, 9.17) is 14.2 Å². The van der Waals surface area contributed by atoms with Crippen LogP contribution in [0.25, 0.3) is 0 Å². The van der Waals surface area contributed by atoms with Crippen molar-refractivity contribution in [2.45, 2.75) is 78.2 Å². The highest BCUT2D eigenvalue weighted by Crippen LogP contribution is 2.45. The summed E-state index contributed by atoms with van der Waals surface area (Å²) in [6, 6.07) is 3.25. The van der Waals surface area contributed by atoms with Gasteiger partial charge in [-0.25, -0.2) is 4.79 Å². The minimum absolute atomic E-state index is 0.0509. The summed E-state index contributed by atoms with van der Waals surface area (Å²) in [5.74, 6) is 0.288. The van der Waals surface area contributed by atoms with E-state index in [0.29, 0.717) is 13.1 Å². The third-order valence-corrected chi connectivity index (χ3v) is 5.50. The van der Waals surface area contributed by atoms with Crippen molar-refractivity contribution in [2.24, 2.45) is 0 Å². The van der Waals surface area contributed by atoms with Crippen molar-refractivity contribution in [1.29, 1.82) is 5.26 Å². The van der Waals surface area contributed by atoms with Crippen molar-refractivity contribution in [3.8, 4) is 17.6 Å². The highest BCUT2D eigenvalue weighted by molar-refractivity contribution is 5.70. The second-order valence-electron chi connectivity index (χ2n) is 7.93. The van der Waals surface area contributed by atoms with Crippen molar-refractivity contribution < 1.29 is 23.9 Å². The molecule has 1 aliphatic heterocycles. The van der Waals surface area contributed by atoms with Crippen molar-refractivity contribution in [1.82, 2.24) is 4.90 Å². The van der Waals surface area contributed by atoms with Crippen molar-refractivity contribution in [3.05, 3.63) is 27.3 Å². The summed E-state index contributed by atoms with van der Waals surface area (Å²) < 4.78 is 16.2. The fourth-order valence-electron chi connectivity index (χ4n) is 3.71. The van der Waals surface area contributed by atoms with Gasteiger partial charge in [-0.15, -0.1) is 0 Å². The molecule has 0 N–H and O–H groups in total. The molecule has 1 aliphatic rings. The molecule has 1 heterocycles. The second kappa shape index (κ2) is 12.7. The molecular formula is C23H33N3O6. The van der Waals surface area contributed by atoms with Crippen LogP contribution in [0.1, 0.15) is 89.4 Å². The summed E-state index contributed by atoms with van der Waals surface area (Å²) in [5, 5.41) is 21.2. The number of hydrogen-bond acceptors (Lipinski definition) is 7. The summed E-state index contributed by atoms with van der Waals surface area (Å²) in [5.41, 5.74) is -0.533. The van der Waals surface area contributed by atoms with Gasteiger partial charge in [0.1, 0.15) is 12.2 Å². The Labute approximate surface area is 189 Å². The topological polar surface area (TPSA) is 115 Å². The van der Waals surface area contributed by atoms with Crippen LogP contribution in [0.15, 0.2) is 6.07 Å². The van der Waals surface area contributed by atoms with Crippen molar-refractivity contribution >= 4 is 11.8 Å². The van der Waals surface area contributed by atoms with Crippen LogP contribution < -0.4 is 9.47 Å². The van der Waals surface area contributed by atoms with Gasteiger partial charge in [-0.05, 0) is 25.8 Å². The molecule has 0 spiro atoms. The molecule has 0 radical (unpaired) electrons. The van der Waals surface area contributed by atoms with E-state index in [-0.39, 0.29) is 29.4 Å². The lowest BCUT2D eigenvalue weighted by atomic mass is 10.0. The first-order chi connectivity index (χ1) is 15.4. The van der Waals surface area contributed by atoms with Crippen LogP contribution in [0, 0.1) is 21.4 Å². The van der Waals surface area contributed by atoms with E-state index in [2.05, 4.69) is 13.8 Å². The monoisotopic (exact) mass is 447 g/mol. The number of carbonyl (C=O) groups is 1. The molecule has 9 nitrogen and oxygen atoms in total. The molecule has 1 unspecified atom stereocenters. The number of nitriles is 1. The lowest BCUT2D eigenvalue weighted by Crippen LogP contribution is -2.34. The van der Waals surface area contributed by atoms with Crippen LogP contribution in [-0.4, -0.2) is 35.8 Å². The molecule has 0 saturated heterocycles. The van der Waals surface area contributed by atoms with Crippen LogP contribution >= 0.6 is 0 Å². The minimum atomic E-state index is -0.932. The summed E-state index contributed by atoms with van der Waals surface area (Å²) >= 11 is 0. The molecule has 176 valence electrons. The number of rotatable bonds is 13. The Morgan fingerprint density at radius 1 is 1.19 bits per heavy atom. The van der Waals surface area contributed by atoms with Gasteiger partial charge < -0.3 is 19.1 Å². The number of hydrogen-bond donors (Lipinski definition) is 0. The van der Waals surface area contributed by atoms with E-state index in [1.807, 2.05) is 6.07 Å². The zero-order chi connectivity index (χ0) is 23.5. The maximum absolute atomic E-state index is 12.9. The summed E-state index contributed by atoms with van der Waals surface area (Å²) in [4.78, 5) is 25.7. The van der Waals surface area contributed by atoms with Gasteiger partial charge in [0.15, 0.2) is 17.1 Å². The van der Waals surface area contributed by atoms with Crippen molar-refractivity contribution in [3.63, 3.8) is 0 Å². The Balaban J connectivity index is 2.18. The first kappa shape index (κ1) is 25.2. The molecule has 0 aromatic heterocycles. The number of nitro groups is 1. The first-order valence-electron chi connectivity index (χ1n) is 11.4. The van der Waals surface area contributed by atoms with Gasteiger partial charge in [0, 0.05) is 13.1 Å². The molecule has 0 fully saturated rings. The molecule has 0 bridgehead atoms. The lowest BCUT2D eigenvalue weighted by Gasteiger charge is -2.24. The maximum atomic E-state index is 12.9.